The van der Waals surface area contributed by atoms with E-state index in [1.807, 2.05) is 32.5 Å². The minimum atomic E-state index is -0.0470. The summed E-state index contributed by atoms with van der Waals surface area (Å²) in [6.07, 6.45) is 1.66. The summed E-state index contributed by atoms with van der Waals surface area (Å²) in [5, 5.41) is 8.71. The van der Waals surface area contributed by atoms with Crippen molar-refractivity contribution in [2.45, 2.75) is 47.3 Å². The lowest BCUT2D eigenvalue weighted by Gasteiger charge is -2.18. The van der Waals surface area contributed by atoms with Crippen LogP contribution in [0.15, 0.2) is 10.7 Å². The summed E-state index contributed by atoms with van der Waals surface area (Å²) >= 11 is 3.41. The number of halogens is 1. The van der Waals surface area contributed by atoms with Crippen LogP contribution in [0.1, 0.15) is 41.3 Å². The van der Waals surface area contributed by atoms with Crippen molar-refractivity contribution in [3.05, 3.63) is 33.3 Å². The van der Waals surface area contributed by atoms with E-state index in [-0.39, 0.29) is 5.91 Å². The topological polar surface area (TPSA) is 56.0 Å². The second kappa shape index (κ2) is 6.64. The number of hydrogen-bond donors (Lipinski definition) is 0. The molecule has 1 amide bonds. The summed E-state index contributed by atoms with van der Waals surface area (Å²) in [4.78, 5) is 14.4. The lowest BCUT2D eigenvalue weighted by atomic mass is 10.2. The molecule has 0 atom stereocenters. The highest BCUT2D eigenvalue weighted by molar-refractivity contribution is 9.10. The monoisotopic (exact) mass is 367 g/mol. The SMILES string of the molecule is CCn1nc(C)c(CN(C)C(=O)c2c(Br)cnn2CC)c1C. The molecule has 0 spiro atoms. The van der Waals surface area contributed by atoms with Crippen molar-refractivity contribution in [2.75, 3.05) is 7.05 Å². The molecular formula is C15H22BrN5O. The summed E-state index contributed by atoms with van der Waals surface area (Å²) < 4.78 is 4.40. The third kappa shape index (κ3) is 2.95. The summed E-state index contributed by atoms with van der Waals surface area (Å²) in [7, 11) is 1.81. The zero-order chi connectivity index (χ0) is 16.4. The number of rotatable bonds is 5. The smallest absolute Gasteiger partial charge is 0.273 e. The number of amides is 1. The van der Waals surface area contributed by atoms with E-state index in [0.717, 1.165) is 28.0 Å². The van der Waals surface area contributed by atoms with Gasteiger partial charge in [0.1, 0.15) is 5.69 Å². The molecule has 2 aromatic rings. The summed E-state index contributed by atoms with van der Waals surface area (Å²) in [6.45, 7) is 10.1. The van der Waals surface area contributed by atoms with Crippen LogP contribution in [0.5, 0.6) is 0 Å². The fraction of sp³-hybridized carbons (Fsp3) is 0.533. The Bertz CT molecular complexity index is 688. The summed E-state index contributed by atoms with van der Waals surface area (Å²) in [5.41, 5.74) is 3.78. The minimum absolute atomic E-state index is 0.0470. The maximum Gasteiger partial charge on any atom is 0.273 e. The van der Waals surface area contributed by atoms with Crippen molar-refractivity contribution < 1.29 is 4.79 Å². The molecular weight excluding hydrogens is 346 g/mol. The van der Waals surface area contributed by atoms with Crippen LogP contribution in [0.25, 0.3) is 0 Å². The van der Waals surface area contributed by atoms with Crippen LogP contribution in [-0.2, 0) is 19.6 Å². The highest BCUT2D eigenvalue weighted by Gasteiger charge is 2.22. The molecule has 0 saturated heterocycles. The second-order valence-electron chi connectivity index (χ2n) is 5.28. The lowest BCUT2D eigenvalue weighted by Crippen LogP contribution is -2.29. The molecule has 0 aromatic carbocycles. The molecule has 0 aliphatic carbocycles. The van der Waals surface area contributed by atoms with Crippen molar-refractivity contribution in [3.63, 3.8) is 0 Å². The number of hydrogen-bond acceptors (Lipinski definition) is 3. The molecule has 0 radical (unpaired) electrons. The van der Waals surface area contributed by atoms with Gasteiger partial charge in [0, 0.05) is 37.9 Å². The Hall–Kier alpha value is -1.63. The number of carbonyl (C=O) groups excluding carboxylic acids is 1. The van der Waals surface area contributed by atoms with Crippen molar-refractivity contribution in [1.82, 2.24) is 24.5 Å². The van der Waals surface area contributed by atoms with Gasteiger partial charge in [0.2, 0.25) is 0 Å². The predicted molar refractivity (Wildman–Crippen MR) is 88.8 cm³/mol. The van der Waals surface area contributed by atoms with Crippen LogP contribution in [-0.4, -0.2) is 37.4 Å². The average Bonchev–Trinajstić information content (AvgIpc) is 3.00. The van der Waals surface area contributed by atoms with Gasteiger partial charge in [-0.3, -0.25) is 14.2 Å². The first-order valence-electron chi connectivity index (χ1n) is 7.40. The van der Waals surface area contributed by atoms with Crippen molar-refractivity contribution in [2.24, 2.45) is 0 Å². The molecule has 0 fully saturated rings. The van der Waals surface area contributed by atoms with Crippen LogP contribution in [0, 0.1) is 13.8 Å². The summed E-state index contributed by atoms with van der Waals surface area (Å²) in [5.74, 6) is -0.0470. The highest BCUT2D eigenvalue weighted by Crippen LogP contribution is 2.20. The molecule has 120 valence electrons. The molecule has 0 unspecified atom stereocenters. The lowest BCUT2D eigenvalue weighted by molar-refractivity contribution is 0.0771. The maximum absolute atomic E-state index is 12.7. The largest absolute Gasteiger partial charge is 0.336 e. The van der Waals surface area contributed by atoms with E-state index < -0.39 is 0 Å². The van der Waals surface area contributed by atoms with Crippen LogP contribution in [0.2, 0.25) is 0 Å². The number of aromatic nitrogens is 4. The van der Waals surface area contributed by atoms with E-state index >= 15 is 0 Å². The van der Waals surface area contributed by atoms with E-state index in [0.29, 0.717) is 18.8 Å². The third-order valence-electron chi connectivity index (χ3n) is 3.87. The molecule has 2 heterocycles. The van der Waals surface area contributed by atoms with Crippen molar-refractivity contribution in [1.29, 1.82) is 0 Å². The molecule has 6 nitrogen and oxygen atoms in total. The zero-order valence-corrected chi connectivity index (χ0v) is 15.3. The molecule has 2 rings (SSSR count). The molecule has 0 bridgehead atoms. The van der Waals surface area contributed by atoms with Crippen molar-refractivity contribution >= 4 is 21.8 Å². The van der Waals surface area contributed by atoms with E-state index in [1.165, 1.54) is 0 Å². The normalized spacial score (nSPS) is 11.0. The van der Waals surface area contributed by atoms with Crippen molar-refractivity contribution in [3.8, 4) is 0 Å². The van der Waals surface area contributed by atoms with Gasteiger partial charge in [-0.1, -0.05) is 0 Å². The van der Waals surface area contributed by atoms with E-state index in [1.54, 1.807) is 15.8 Å². The van der Waals surface area contributed by atoms with E-state index in [2.05, 4.69) is 33.1 Å². The number of nitrogens with zero attached hydrogens (tertiary/aromatic N) is 5. The van der Waals surface area contributed by atoms with Gasteiger partial charge in [-0.05, 0) is 43.6 Å². The molecule has 0 saturated carbocycles. The average molecular weight is 368 g/mol. The Labute approximate surface area is 139 Å². The first-order chi connectivity index (χ1) is 10.4. The number of aryl methyl sites for hydroxylation is 3. The summed E-state index contributed by atoms with van der Waals surface area (Å²) in [6, 6.07) is 0. The molecule has 2 aromatic heterocycles. The van der Waals surface area contributed by atoms with Gasteiger partial charge in [-0.25, -0.2) is 0 Å². The Balaban J connectivity index is 2.26. The number of carbonyl (C=O) groups is 1. The van der Waals surface area contributed by atoms with E-state index in [9.17, 15) is 4.79 Å². The maximum atomic E-state index is 12.7. The third-order valence-corrected chi connectivity index (χ3v) is 4.45. The highest BCUT2D eigenvalue weighted by atomic mass is 79.9. The first kappa shape index (κ1) is 16.7. The molecule has 22 heavy (non-hydrogen) atoms. The molecule has 0 N–H and O–H groups in total. The standard InChI is InChI=1S/C15H22BrN5O/c1-6-20-11(4)12(10(3)18-20)9-19(5)15(22)14-13(16)8-17-21(14)7-2/h8H,6-7,9H2,1-5H3. The Morgan fingerprint density at radius 1 is 1.27 bits per heavy atom. The van der Waals surface area contributed by atoms with Gasteiger partial charge in [-0.2, -0.15) is 10.2 Å². The Morgan fingerprint density at radius 2 is 1.91 bits per heavy atom. The quantitative estimate of drug-likeness (QED) is 0.816. The fourth-order valence-electron chi connectivity index (χ4n) is 2.58. The van der Waals surface area contributed by atoms with Gasteiger partial charge in [0.05, 0.1) is 16.4 Å². The van der Waals surface area contributed by atoms with Gasteiger partial charge >= 0.3 is 0 Å². The van der Waals surface area contributed by atoms with Gasteiger partial charge in [-0.15, -0.1) is 0 Å². The molecule has 0 aliphatic heterocycles. The first-order valence-corrected chi connectivity index (χ1v) is 8.19. The van der Waals surface area contributed by atoms with Gasteiger partial charge < -0.3 is 4.90 Å². The van der Waals surface area contributed by atoms with Gasteiger partial charge in [0.25, 0.3) is 5.91 Å². The van der Waals surface area contributed by atoms with E-state index in [4.69, 9.17) is 0 Å². The fourth-order valence-corrected chi connectivity index (χ4v) is 3.04. The van der Waals surface area contributed by atoms with Gasteiger partial charge in [0.15, 0.2) is 0 Å². The second-order valence-corrected chi connectivity index (χ2v) is 6.14. The van der Waals surface area contributed by atoms with Crippen LogP contribution >= 0.6 is 15.9 Å². The zero-order valence-electron chi connectivity index (χ0n) is 13.7. The Morgan fingerprint density at radius 3 is 2.45 bits per heavy atom. The van der Waals surface area contributed by atoms with Crippen LogP contribution < -0.4 is 0 Å². The Kier molecular flexibility index (Phi) is 5.05. The van der Waals surface area contributed by atoms with Crippen LogP contribution in [0.3, 0.4) is 0 Å². The van der Waals surface area contributed by atoms with Crippen LogP contribution in [0.4, 0.5) is 0 Å². The molecule has 0 aliphatic rings. The molecule has 7 heteroatoms. The minimum Gasteiger partial charge on any atom is -0.336 e. The predicted octanol–water partition coefficient (Wildman–Crippen LogP) is 2.77.